The van der Waals surface area contributed by atoms with Crippen LogP contribution >= 0.6 is 0 Å². The quantitative estimate of drug-likeness (QED) is 0.892. The molecule has 5 nitrogen and oxygen atoms in total. The lowest BCUT2D eigenvalue weighted by Gasteiger charge is -2.17. The predicted molar refractivity (Wildman–Crippen MR) is 78.5 cm³/mol. The van der Waals surface area contributed by atoms with E-state index in [0.29, 0.717) is 12.4 Å². The van der Waals surface area contributed by atoms with E-state index in [-0.39, 0.29) is 4.90 Å². The van der Waals surface area contributed by atoms with Crippen molar-refractivity contribution in [1.29, 1.82) is 0 Å². The molecule has 1 saturated heterocycles. The molecule has 0 saturated carbocycles. The Labute approximate surface area is 120 Å². The third kappa shape index (κ3) is 3.71. The fourth-order valence-electron chi connectivity index (χ4n) is 2.59. The first-order valence-corrected chi connectivity index (χ1v) is 8.42. The first-order valence-electron chi connectivity index (χ1n) is 6.87. The van der Waals surface area contributed by atoms with Gasteiger partial charge in [-0.1, -0.05) is 6.07 Å². The third-order valence-corrected chi connectivity index (χ3v) is 4.46. The van der Waals surface area contributed by atoms with Crippen molar-refractivity contribution in [2.75, 3.05) is 26.2 Å². The highest BCUT2D eigenvalue weighted by Gasteiger charge is 2.19. The van der Waals surface area contributed by atoms with Crippen LogP contribution in [0.3, 0.4) is 0 Å². The van der Waals surface area contributed by atoms with Gasteiger partial charge in [0.15, 0.2) is 0 Å². The Bertz CT molecular complexity index is 578. The molecule has 20 heavy (non-hydrogen) atoms. The summed E-state index contributed by atoms with van der Waals surface area (Å²) >= 11 is 0. The van der Waals surface area contributed by atoms with E-state index in [2.05, 4.69) is 4.90 Å². The molecule has 0 radical (unpaired) electrons. The molecule has 1 heterocycles. The van der Waals surface area contributed by atoms with Gasteiger partial charge < -0.3 is 4.74 Å². The molecule has 2 N–H and O–H groups in total. The average molecular weight is 298 g/mol. The Morgan fingerprint density at radius 1 is 1.25 bits per heavy atom. The molecule has 0 bridgehead atoms. The smallest absolute Gasteiger partial charge is 0.241 e. The Kier molecular flexibility index (Phi) is 4.67. The first-order chi connectivity index (χ1) is 9.38. The number of hydrogen-bond donors (Lipinski definition) is 1. The molecule has 6 heteroatoms. The van der Waals surface area contributed by atoms with E-state index >= 15 is 0 Å². The van der Waals surface area contributed by atoms with Crippen molar-refractivity contribution in [2.45, 2.75) is 31.6 Å². The van der Waals surface area contributed by atoms with Gasteiger partial charge in [0, 0.05) is 6.54 Å². The van der Waals surface area contributed by atoms with E-state index in [9.17, 15) is 8.42 Å². The zero-order chi connectivity index (χ0) is 14.8. The summed E-state index contributed by atoms with van der Waals surface area (Å²) in [5, 5.41) is 5.27. The number of primary sulfonamides is 1. The van der Waals surface area contributed by atoms with Gasteiger partial charge in [0.05, 0.1) is 0 Å². The highest BCUT2D eigenvalue weighted by Crippen LogP contribution is 2.28. The van der Waals surface area contributed by atoms with Crippen molar-refractivity contribution in [1.82, 2.24) is 4.90 Å². The fraction of sp³-hybridized carbons (Fsp3) is 0.571. The van der Waals surface area contributed by atoms with Crippen LogP contribution in [0.25, 0.3) is 0 Å². The SMILES string of the molecule is Cc1cc(C)c(OCCN2CCCC2)c(S(N)(=O)=O)c1. The molecule has 1 aromatic rings. The summed E-state index contributed by atoms with van der Waals surface area (Å²) in [4.78, 5) is 2.40. The number of nitrogens with zero attached hydrogens (tertiary/aromatic N) is 1. The van der Waals surface area contributed by atoms with Crippen LogP contribution in [0.15, 0.2) is 17.0 Å². The minimum atomic E-state index is -3.77. The number of hydrogen-bond acceptors (Lipinski definition) is 4. The van der Waals surface area contributed by atoms with Crippen molar-refractivity contribution < 1.29 is 13.2 Å². The van der Waals surface area contributed by atoms with E-state index in [0.717, 1.165) is 30.8 Å². The normalized spacial score (nSPS) is 16.6. The van der Waals surface area contributed by atoms with E-state index in [1.807, 2.05) is 19.9 Å². The number of rotatable bonds is 5. The van der Waals surface area contributed by atoms with Crippen LogP contribution < -0.4 is 9.88 Å². The monoisotopic (exact) mass is 298 g/mol. The largest absolute Gasteiger partial charge is 0.491 e. The summed E-state index contributed by atoms with van der Waals surface area (Å²) in [5.41, 5.74) is 1.66. The van der Waals surface area contributed by atoms with Crippen molar-refractivity contribution in [3.63, 3.8) is 0 Å². The van der Waals surface area contributed by atoms with Gasteiger partial charge in [-0.15, -0.1) is 0 Å². The second-order valence-corrected chi connectivity index (χ2v) is 6.88. The van der Waals surface area contributed by atoms with Crippen molar-refractivity contribution in [3.8, 4) is 5.75 Å². The van der Waals surface area contributed by atoms with Crippen LogP contribution in [-0.2, 0) is 10.0 Å². The van der Waals surface area contributed by atoms with Crippen LogP contribution in [0, 0.1) is 13.8 Å². The molecular weight excluding hydrogens is 276 g/mol. The highest BCUT2D eigenvalue weighted by atomic mass is 32.2. The van der Waals surface area contributed by atoms with Crippen LogP contribution in [-0.4, -0.2) is 39.6 Å². The van der Waals surface area contributed by atoms with E-state index in [1.54, 1.807) is 6.07 Å². The third-order valence-electron chi connectivity index (χ3n) is 3.54. The standard InChI is InChI=1S/C14H22N2O3S/c1-11-9-12(2)14(13(10-11)20(15,17)18)19-8-7-16-5-3-4-6-16/h9-10H,3-8H2,1-2H3,(H2,15,17,18). The maximum absolute atomic E-state index is 11.7. The second kappa shape index (κ2) is 6.11. The van der Waals surface area contributed by atoms with Crippen molar-refractivity contribution >= 4 is 10.0 Å². The molecule has 0 aromatic heterocycles. The molecule has 1 aliphatic heterocycles. The summed E-state index contributed by atoms with van der Waals surface area (Å²) < 4.78 is 29.0. The van der Waals surface area contributed by atoms with Crippen LogP contribution in [0.4, 0.5) is 0 Å². The van der Waals surface area contributed by atoms with Crippen molar-refractivity contribution in [2.24, 2.45) is 5.14 Å². The van der Waals surface area contributed by atoms with Crippen LogP contribution in [0.2, 0.25) is 0 Å². The molecule has 0 amide bonds. The number of nitrogens with two attached hydrogens (primary N) is 1. The van der Waals surface area contributed by atoms with Crippen LogP contribution in [0.5, 0.6) is 5.75 Å². The summed E-state index contributed by atoms with van der Waals surface area (Å²) in [5.74, 6) is 0.386. The van der Waals surface area contributed by atoms with Gasteiger partial charge in [-0.25, -0.2) is 13.6 Å². The van der Waals surface area contributed by atoms with Gasteiger partial charge in [-0.2, -0.15) is 0 Å². The number of benzene rings is 1. The van der Waals surface area contributed by atoms with Crippen LogP contribution in [0.1, 0.15) is 24.0 Å². The molecule has 0 unspecified atom stereocenters. The van der Waals surface area contributed by atoms with Gasteiger partial charge in [-0.3, -0.25) is 4.90 Å². The van der Waals surface area contributed by atoms with Gasteiger partial charge in [0.1, 0.15) is 17.3 Å². The maximum Gasteiger partial charge on any atom is 0.241 e. The minimum absolute atomic E-state index is 0.0800. The Morgan fingerprint density at radius 2 is 1.90 bits per heavy atom. The Morgan fingerprint density at radius 3 is 2.50 bits per heavy atom. The molecule has 1 aromatic carbocycles. The van der Waals surface area contributed by atoms with Crippen molar-refractivity contribution in [3.05, 3.63) is 23.3 Å². The first kappa shape index (κ1) is 15.3. The predicted octanol–water partition coefficient (Wildman–Crippen LogP) is 1.43. The van der Waals surface area contributed by atoms with E-state index in [4.69, 9.17) is 9.88 Å². The molecule has 112 valence electrons. The summed E-state index contributed by atoms with van der Waals surface area (Å²) in [6, 6.07) is 3.47. The zero-order valence-electron chi connectivity index (χ0n) is 12.1. The van der Waals surface area contributed by atoms with E-state index < -0.39 is 10.0 Å². The lowest BCUT2D eigenvalue weighted by atomic mass is 10.1. The lowest BCUT2D eigenvalue weighted by molar-refractivity contribution is 0.233. The zero-order valence-corrected chi connectivity index (χ0v) is 12.9. The van der Waals surface area contributed by atoms with Gasteiger partial charge in [-0.05, 0) is 57.0 Å². The molecule has 0 atom stereocenters. The molecule has 1 fully saturated rings. The number of ether oxygens (including phenoxy) is 1. The summed E-state index contributed by atoms with van der Waals surface area (Å²) in [6.45, 7) is 7.17. The lowest BCUT2D eigenvalue weighted by Crippen LogP contribution is -2.25. The number of likely N-dealkylation sites (tertiary alicyclic amines) is 1. The molecule has 0 spiro atoms. The summed E-state index contributed by atoms with van der Waals surface area (Å²) in [7, 11) is -3.77. The van der Waals surface area contributed by atoms with Gasteiger partial charge in [0.25, 0.3) is 0 Å². The minimum Gasteiger partial charge on any atom is -0.491 e. The number of aryl methyl sites for hydroxylation is 2. The summed E-state index contributed by atoms with van der Waals surface area (Å²) in [6.07, 6.45) is 2.46. The number of sulfonamides is 1. The molecular formula is C14H22N2O3S. The van der Waals surface area contributed by atoms with Gasteiger partial charge in [0.2, 0.25) is 10.0 Å². The second-order valence-electron chi connectivity index (χ2n) is 5.35. The average Bonchev–Trinajstić information content (AvgIpc) is 2.83. The maximum atomic E-state index is 11.7. The Hall–Kier alpha value is -1.11. The van der Waals surface area contributed by atoms with E-state index in [1.165, 1.54) is 12.8 Å². The molecule has 2 rings (SSSR count). The topological polar surface area (TPSA) is 72.6 Å². The highest BCUT2D eigenvalue weighted by molar-refractivity contribution is 7.89. The fourth-order valence-corrected chi connectivity index (χ4v) is 3.42. The Balaban J connectivity index is 2.13. The van der Waals surface area contributed by atoms with Gasteiger partial charge >= 0.3 is 0 Å². The molecule has 0 aliphatic carbocycles. The molecule has 1 aliphatic rings.